The molecule has 3 heteroatoms. The van der Waals surface area contributed by atoms with Gasteiger partial charge in [0.05, 0.1) is 7.11 Å². The molecule has 1 atom stereocenters. The van der Waals surface area contributed by atoms with E-state index < -0.39 is 8.03 Å². The van der Waals surface area contributed by atoms with Gasteiger partial charge in [0.15, 0.2) is 6.16 Å². The highest BCUT2D eigenvalue weighted by atomic mass is 31.1. The largest absolute Gasteiger partial charge is 0.507 e. The summed E-state index contributed by atoms with van der Waals surface area (Å²) in [6.45, 7) is 2.29. The first kappa shape index (κ1) is 24.1. The zero-order valence-corrected chi connectivity index (χ0v) is 17.6. The van der Waals surface area contributed by atoms with Crippen molar-refractivity contribution in [1.29, 1.82) is 0 Å². The monoisotopic (exact) mass is 359 g/mol. The topological polar surface area (TPSA) is 26.3 Å². The summed E-state index contributed by atoms with van der Waals surface area (Å²) in [6, 6.07) is 0. The summed E-state index contributed by atoms with van der Waals surface area (Å²) in [5.41, 5.74) is 0. The molecule has 0 rings (SSSR count). The first-order valence-electron chi connectivity index (χ1n) is 10.8. The van der Waals surface area contributed by atoms with Crippen molar-refractivity contribution >= 4 is 8.03 Å². The third kappa shape index (κ3) is 20.1. The predicted octanol–water partition coefficient (Wildman–Crippen LogP) is 8.42. The Morgan fingerprint density at radius 3 is 1.12 bits per heavy atom. The van der Waals surface area contributed by atoms with Gasteiger partial charge in [0.25, 0.3) is 0 Å². The van der Waals surface area contributed by atoms with Crippen molar-refractivity contribution in [2.24, 2.45) is 0 Å². The van der Waals surface area contributed by atoms with Crippen molar-refractivity contribution < 1.29 is 9.09 Å². The molecule has 0 N–H and O–H groups in total. The second kappa shape index (κ2) is 21.1. The predicted molar refractivity (Wildman–Crippen MR) is 108 cm³/mol. The fourth-order valence-electron chi connectivity index (χ4n) is 3.23. The first-order valence-corrected chi connectivity index (χ1v) is 12.2. The highest BCUT2D eigenvalue weighted by molar-refractivity contribution is 7.39. The fourth-order valence-corrected chi connectivity index (χ4v) is 3.90. The van der Waals surface area contributed by atoms with Crippen molar-refractivity contribution in [1.82, 2.24) is 0 Å². The maximum absolute atomic E-state index is 11.1. The standard InChI is InChI=1S/C21H44O2P/c1-3-4-5-6-7-8-9-10-11-12-13-14-15-16-17-18-19-20-21-24(22)23-2/h3-21H2,1-2H3/q+1. The zero-order chi connectivity index (χ0) is 17.7. The summed E-state index contributed by atoms with van der Waals surface area (Å²) in [7, 11) is 0.162. The van der Waals surface area contributed by atoms with Crippen molar-refractivity contribution in [2.75, 3.05) is 13.3 Å². The van der Waals surface area contributed by atoms with Gasteiger partial charge in [-0.2, -0.15) is 0 Å². The van der Waals surface area contributed by atoms with Gasteiger partial charge >= 0.3 is 8.03 Å². The fraction of sp³-hybridized carbons (Fsp3) is 1.00. The van der Waals surface area contributed by atoms with E-state index in [4.69, 9.17) is 4.52 Å². The lowest BCUT2D eigenvalue weighted by molar-refractivity contribution is 0.412. The number of rotatable bonds is 20. The average Bonchev–Trinajstić information content (AvgIpc) is 2.60. The Kier molecular flexibility index (Phi) is 21.2. The van der Waals surface area contributed by atoms with Crippen molar-refractivity contribution in [2.45, 2.75) is 122 Å². The second-order valence-corrected chi connectivity index (χ2v) is 8.73. The van der Waals surface area contributed by atoms with E-state index in [-0.39, 0.29) is 0 Å². The summed E-state index contributed by atoms with van der Waals surface area (Å²) < 4.78 is 15.9. The SMILES string of the molecule is CCCCCCCCCCCCCCCCCCCC[P+](=O)OC. The maximum atomic E-state index is 11.1. The molecule has 0 spiro atoms. The molecule has 0 bridgehead atoms. The van der Waals surface area contributed by atoms with E-state index in [0.29, 0.717) is 0 Å². The van der Waals surface area contributed by atoms with Crippen LogP contribution in [0, 0.1) is 0 Å². The molecule has 0 aliphatic heterocycles. The smallest absolute Gasteiger partial charge is 0.150 e. The lowest BCUT2D eigenvalue weighted by atomic mass is 10.0. The lowest BCUT2D eigenvalue weighted by Crippen LogP contribution is -1.85. The maximum Gasteiger partial charge on any atom is 0.507 e. The van der Waals surface area contributed by atoms with E-state index in [9.17, 15) is 4.57 Å². The van der Waals surface area contributed by atoms with E-state index >= 15 is 0 Å². The molecule has 0 aromatic heterocycles. The molecule has 0 aliphatic carbocycles. The lowest BCUT2D eigenvalue weighted by Gasteiger charge is -2.03. The Hall–Kier alpha value is 0.0600. The van der Waals surface area contributed by atoms with E-state index in [0.717, 1.165) is 12.6 Å². The van der Waals surface area contributed by atoms with Gasteiger partial charge in [0.1, 0.15) is 0 Å². The zero-order valence-electron chi connectivity index (χ0n) is 16.7. The Morgan fingerprint density at radius 2 is 0.833 bits per heavy atom. The summed E-state index contributed by atoms with van der Waals surface area (Å²) in [4.78, 5) is 0. The molecule has 24 heavy (non-hydrogen) atoms. The van der Waals surface area contributed by atoms with Crippen molar-refractivity contribution in [3.63, 3.8) is 0 Å². The minimum Gasteiger partial charge on any atom is -0.150 e. The molecule has 0 saturated heterocycles. The number of unbranched alkanes of at least 4 members (excludes halogenated alkanes) is 17. The van der Waals surface area contributed by atoms with Crippen LogP contribution in [0.4, 0.5) is 0 Å². The Balaban J connectivity index is 2.99. The van der Waals surface area contributed by atoms with Gasteiger partial charge in [-0.15, -0.1) is 4.52 Å². The first-order chi connectivity index (χ1) is 11.8. The van der Waals surface area contributed by atoms with Gasteiger partial charge in [-0.3, -0.25) is 0 Å². The number of hydrogen-bond donors (Lipinski definition) is 0. The van der Waals surface area contributed by atoms with E-state index in [1.807, 2.05) is 0 Å². The molecule has 2 nitrogen and oxygen atoms in total. The Morgan fingerprint density at radius 1 is 0.542 bits per heavy atom. The third-order valence-electron chi connectivity index (χ3n) is 4.90. The molecule has 0 aliphatic rings. The molecule has 0 radical (unpaired) electrons. The quantitative estimate of drug-likeness (QED) is 0.161. The molecule has 1 unspecified atom stereocenters. The van der Waals surface area contributed by atoms with Crippen LogP contribution in [0.1, 0.15) is 122 Å². The van der Waals surface area contributed by atoms with Gasteiger partial charge in [-0.05, 0) is 17.4 Å². The average molecular weight is 360 g/mol. The van der Waals surface area contributed by atoms with Gasteiger partial charge in [0, 0.05) is 0 Å². The molecule has 0 aromatic rings. The summed E-state index contributed by atoms with van der Waals surface area (Å²) in [5, 5.41) is 0. The molecule has 0 amide bonds. The third-order valence-corrected chi connectivity index (χ3v) is 5.99. The number of hydrogen-bond acceptors (Lipinski definition) is 2. The molecule has 0 fully saturated rings. The molecule has 0 heterocycles. The van der Waals surface area contributed by atoms with E-state index in [1.54, 1.807) is 0 Å². The van der Waals surface area contributed by atoms with Crippen LogP contribution in [0.3, 0.4) is 0 Å². The summed E-state index contributed by atoms with van der Waals surface area (Å²) in [6.07, 6.45) is 25.7. The summed E-state index contributed by atoms with van der Waals surface area (Å²) in [5.74, 6) is 0. The Bertz CT molecular complexity index is 256. The minimum atomic E-state index is -1.37. The van der Waals surface area contributed by atoms with Gasteiger partial charge in [-0.25, -0.2) is 0 Å². The normalized spacial score (nSPS) is 11.8. The highest BCUT2D eigenvalue weighted by Crippen LogP contribution is 2.22. The minimum absolute atomic E-state index is 0.741. The van der Waals surface area contributed by atoms with Crippen LogP contribution in [0.25, 0.3) is 0 Å². The van der Waals surface area contributed by atoms with E-state index in [2.05, 4.69) is 6.92 Å². The molecule has 0 saturated carbocycles. The van der Waals surface area contributed by atoms with Gasteiger partial charge in [-0.1, -0.05) is 110 Å². The molecule has 0 aromatic carbocycles. The second-order valence-electron chi connectivity index (χ2n) is 7.25. The van der Waals surface area contributed by atoms with Crippen molar-refractivity contribution in [3.05, 3.63) is 0 Å². The molecule has 144 valence electrons. The van der Waals surface area contributed by atoms with E-state index in [1.165, 1.54) is 116 Å². The van der Waals surface area contributed by atoms with Crippen LogP contribution < -0.4 is 0 Å². The van der Waals surface area contributed by atoms with Crippen LogP contribution in [0.5, 0.6) is 0 Å². The molecular formula is C21H44O2P+. The highest BCUT2D eigenvalue weighted by Gasteiger charge is 2.12. The Labute approximate surface area is 153 Å². The van der Waals surface area contributed by atoms with Crippen LogP contribution in [0.2, 0.25) is 0 Å². The van der Waals surface area contributed by atoms with Crippen LogP contribution in [-0.4, -0.2) is 13.3 Å². The summed E-state index contributed by atoms with van der Waals surface area (Å²) >= 11 is 0. The van der Waals surface area contributed by atoms with Crippen LogP contribution in [0.15, 0.2) is 0 Å². The van der Waals surface area contributed by atoms with Crippen molar-refractivity contribution in [3.8, 4) is 0 Å². The van der Waals surface area contributed by atoms with Gasteiger partial charge < -0.3 is 0 Å². The van der Waals surface area contributed by atoms with Crippen LogP contribution >= 0.6 is 8.03 Å². The molecular weight excluding hydrogens is 315 g/mol. The van der Waals surface area contributed by atoms with Crippen LogP contribution in [-0.2, 0) is 9.09 Å². The van der Waals surface area contributed by atoms with Gasteiger partial charge in [0.2, 0.25) is 0 Å².